The Balaban J connectivity index is 1.39. The molecule has 5 N–H and O–H groups in total. The van der Waals surface area contributed by atoms with Crippen LogP contribution in [0.3, 0.4) is 0 Å². The molecule has 1 fully saturated rings. The zero-order chi connectivity index (χ0) is 33.4. The number of halogens is 1. The molecule has 0 saturated carbocycles. The van der Waals surface area contributed by atoms with Crippen LogP contribution < -0.4 is 5.32 Å². The molecule has 3 aromatic carbocycles. The second-order valence-electron chi connectivity index (χ2n) is 10.1. The number of nitrogens with one attached hydrogen (secondary N) is 1. The molecule has 0 aliphatic carbocycles. The number of rotatable bonds is 9. The number of carboxylic acid groups (broad SMARTS) is 1. The fourth-order valence-electron chi connectivity index (χ4n) is 5.01. The fraction of sp³-hybridized carbons (Fsp3) is 0.161. The number of fused-ring (bicyclic) bond motifs is 1. The third-order valence-corrected chi connectivity index (χ3v) is 8.78. The van der Waals surface area contributed by atoms with Gasteiger partial charge in [0, 0.05) is 23.3 Å². The number of nitrogens with zero attached hydrogens (tertiary/aromatic N) is 1. The van der Waals surface area contributed by atoms with Gasteiger partial charge in [0.05, 0.1) is 27.8 Å². The maximum absolute atomic E-state index is 13.5. The molecule has 46 heavy (non-hydrogen) atoms. The van der Waals surface area contributed by atoms with E-state index in [1.54, 1.807) is 0 Å². The van der Waals surface area contributed by atoms with Gasteiger partial charge in [0.25, 0.3) is 11.8 Å². The summed E-state index contributed by atoms with van der Waals surface area (Å²) < 4.78 is 4.90. The molecular weight excluding hydrogens is 644 g/mol. The second-order valence-corrected chi connectivity index (χ2v) is 11.7. The summed E-state index contributed by atoms with van der Waals surface area (Å²) in [4.78, 5) is 76.9. The van der Waals surface area contributed by atoms with Gasteiger partial charge in [-0.25, -0.2) is 4.79 Å². The smallest absolute Gasteiger partial charge is 0.352 e. The number of aromatic hydroxyl groups is 3. The Morgan fingerprint density at radius 2 is 1.50 bits per heavy atom. The average Bonchev–Trinajstić information content (AvgIpc) is 3.02. The molecule has 15 heteroatoms. The number of hydrogen-bond acceptors (Lipinski definition) is 11. The SMILES string of the molecule is CC(=O)OCC1=C(C(=O)O)N2C(=O)[C@@H](NC(=O)c3cccc(C(=O)c4cc(Cl)cc(C(=O)c5ccccc5O)c4O)c3O)[C@H]2SC1. The number of para-hydroxylation sites is 2. The zero-order valence-electron chi connectivity index (χ0n) is 23.6. The Bertz CT molecular complexity index is 1890. The molecule has 2 heterocycles. The number of benzene rings is 3. The van der Waals surface area contributed by atoms with Gasteiger partial charge in [-0.1, -0.05) is 29.8 Å². The Kier molecular flexibility index (Phi) is 8.76. The summed E-state index contributed by atoms with van der Waals surface area (Å²) >= 11 is 7.30. The molecule has 0 unspecified atom stereocenters. The van der Waals surface area contributed by atoms with Gasteiger partial charge < -0.3 is 30.5 Å². The van der Waals surface area contributed by atoms with E-state index < -0.39 is 80.5 Å². The first kappa shape index (κ1) is 32.1. The number of aliphatic carboxylic acids is 1. The zero-order valence-corrected chi connectivity index (χ0v) is 25.2. The first-order chi connectivity index (χ1) is 21.8. The van der Waals surface area contributed by atoms with Gasteiger partial charge in [-0.2, -0.15) is 0 Å². The van der Waals surface area contributed by atoms with Crippen LogP contribution in [0.2, 0.25) is 5.02 Å². The fourth-order valence-corrected chi connectivity index (χ4v) is 6.56. The number of carbonyl (C=O) groups excluding carboxylic acids is 5. The van der Waals surface area contributed by atoms with Gasteiger partial charge in [0.2, 0.25) is 11.6 Å². The van der Waals surface area contributed by atoms with Gasteiger partial charge >= 0.3 is 11.9 Å². The van der Waals surface area contributed by atoms with E-state index in [0.29, 0.717) is 0 Å². The Hall–Kier alpha value is -5.34. The lowest BCUT2D eigenvalue weighted by atomic mass is 9.94. The molecule has 13 nitrogen and oxygen atoms in total. The van der Waals surface area contributed by atoms with Crippen LogP contribution in [0.5, 0.6) is 17.2 Å². The van der Waals surface area contributed by atoms with Crippen LogP contribution in [0.25, 0.3) is 0 Å². The molecule has 2 aliphatic heterocycles. The largest absolute Gasteiger partial charge is 0.507 e. The van der Waals surface area contributed by atoms with Crippen LogP contribution in [-0.2, 0) is 19.1 Å². The van der Waals surface area contributed by atoms with Crippen LogP contribution >= 0.6 is 23.4 Å². The van der Waals surface area contributed by atoms with Crippen molar-refractivity contribution in [2.45, 2.75) is 18.3 Å². The number of ketones is 2. The highest BCUT2D eigenvalue weighted by molar-refractivity contribution is 8.00. The van der Waals surface area contributed by atoms with Crippen molar-refractivity contribution in [2.75, 3.05) is 12.4 Å². The van der Waals surface area contributed by atoms with Crippen molar-refractivity contribution in [3.05, 3.63) is 98.7 Å². The standard InChI is InChI=1S/C31H23ClN2O11S/c1-13(35)45-11-14-12-46-30-22(29(42)34(30)23(14)31(43)44)33-28(41)18-7-4-6-17(25(18)38)26(39)20-10-15(32)9-19(27(20)40)24(37)16-5-2-3-8-21(16)36/h2-10,22,30,36,38,40H,11-12H2,1H3,(H,33,41)(H,43,44)/t22-,30-/m1/s1. The Morgan fingerprint density at radius 3 is 2.13 bits per heavy atom. The molecule has 2 aliphatic rings. The van der Waals surface area contributed by atoms with Gasteiger partial charge in [-0.15, -0.1) is 11.8 Å². The maximum Gasteiger partial charge on any atom is 0.352 e. The highest BCUT2D eigenvalue weighted by Gasteiger charge is 2.54. The van der Waals surface area contributed by atoms with E-state index in [4.69, 9.17) is 16.3 Å². The topological polar surface area (TPSA) is 208 Å². The van der Waals surface area contributed by atoms with E-state index in [2.05, 4.69) is 5.32 Å². The van der Waals surface area contributed by atoms with Gasteiger partial charge in [-0.05, 0) is 36.4 Å². The van der Waals surface area contributed by atoms with Crippen molar-refractivity contribution in [2.24, 2.45) is 0 Å². The molecule has 0 radical (unpaired) electrons. The maximum atomic E-state index is 13.5. The number of phenolic OH excluding ortho intramolecular Hbond substituents is 3. The molecular formula is C31H23ClN2O11S. The van der Waals surface area contributed by atoms with Crippen LogP contribution in [0.15, 0.2) is 65.9 Å². The Morgan fingerprint density at radius 1 is 0.913 bits per heavy atom. The lowest BCUT2D eigenvalue weighted by molar-refractivity contribution is -0.149. The highest BCUT2D eigenvalue weighted by Crippen LogP contribution is 2.41. The number of amides is 2. The van der Waals surface area contributed by atoms with E-state index in [1.165, 1.54) is 42.5 Å². The normalized spacial score (nSPS) is 17.1. The predicted octanol–water partition coefficient (Wildman–Crippen LogP) is 2.83. The minimum atomic E-state index is -1.41. The molecule has 0 aromatic heterocycles. The molecule has 1 saturated heterocycles. The number of hydrogen-bond donors (Lipinski definition) is 5. The van der Waals surface area contributed by atoms with Crippen molar-refractivity contribution in [3.63, 3.8) is 0 Å². The monoisotopic (exact) mass is 666 g/mol. The van der Waals surface area contributed by atoms with Gasteiger partial charge in [0.15, 0.2) is 0 Å². The number of carboxylic acids is 1. The van der Waals surface area contributed by atoms with Crippen molar-refractivity contribution in [3.8, 4) is 17.2 Å². The quantitative estimate of drug-likeness (QED) is 0.127. The van der Waals surface area contributed by atoms with E-state index in [9.17, 15) is 49.2 Å². The summed E-state index contributed by atoms with van der Waals surface area (Å²) in [6.07, 6.45) is 0. The van der Waals surface area contributed by atoms with Crippen molar-refractivity contribution in [1.29, 1.82) is 0 Å². The third kappa shape index (κ3) is 5.75. The number of carbonyl (C=O) groups is 6. The molecule has 236 valence electrons. The lowest BCUT2D eigenvalue weighted by Crippen LogP contribution is -2.70. The summed E-state index contributed by atoms with van der Waals surface area (Å²) in [5.74, 6) is -7.41. The van der Waals surface area contributed by atoms with E-state index in [0.717, 1.165) is 35.7 Å². The summed E-state index contributed by atoms with van der Waals surface area (Å²) in [6.45, 7) is 0.838. The number of esters is 1. The summed E-state index contributed by atoms with van der Waals surface area (Å²) in [5.41, 5.74) is -2.01. The van der Waals surface area contributed by atoms with E-state index in [1.807, 2.05) is 0 Å². The molecule has 3 aromatic rings. The first-order valence-electron chi connectivity index (χ1n) is 13.4. The lowest BCUT2D eigenvalue weighted by Gasteiger charge is -2.49. The number of ether oxygens (including phenoxy) is 1. The summed E-state index contributed by atoms with van der Waals surface area (Å²) in [6, 6.07) is 10.2. The first-order valence-corrected chi connectivity index (χ1v) is 14.8. The summed E-state index contributed by atoms with van der Waals surface area (Å²) in [5, 5.41) is 43.2. The third-order valence-electron chi connectivity index (χ3n) is 7.22. The van der Waals surface area contributed by atoms with E-state index in [-0.39, 0.29) is 40.0 Å². The van der Waals surface area contributed by atoms with Crippen molar-refractivity contribution in [1.82, 2.24) is 10.2 Å². The molecule has 2 amide bonds. The van der Waals surface area contributed by atoms with Crippen LogP contribution in [0.4, 0.5) is 0 Å². The average molecular weight is 667 g/mol. The number of phenols is 3. The second kappa shape index (κ2) is 12.6. The Labute approximate surface area is 269 Å². The van der Waals surface area contributed by atoms with E-state index >= 15 is 0 Å². The molecule has 5 rings (SSSR count). The predicted molar refractivity (Wildman–Crippen MR) is 162 cm³/mol. The minimum Gasteiger partial charge on any atom is -0.507 e. The van der Waals surface area contributed by atoms with Gasteiger partial charge in [-0.3, -0.25) is 28.9 Å². The highest BCUT2D eigenvalue weighted by atomic mass is 35.5. The number of thioether (sulfide) groups is 1. The van der Waals surface area contributed by atoms with Crippen molar-refractivity contribution < 1.29 is 53.9 Å². The van der Waals surface area contributed by atoms with Crippen LogP contribution in [0, 0.1) is 0 Å². The number of β-lactam (4-membered cyclic amide) rings is 1. The van der Waals surface area contributed by atoms with Crippen LogP contribution in [-0.4, -0.2) is 84.4 Å². The van der Waals surface area contributed by atoms with Crippen LogP contribution in [0.1, 0.15) is 49.1 Å². The van der Waals surface area contributed by atoms with Crippen molar-refractivity contribution >= 4 is 58.7 Å². The molecule has 0 spiro atoms. The molecule has 2 atom stereocenters. The van der Waals surface area contributed by atoms with Gasteiger partial charge in [0.1, 0.15) is 41.0 Å². The molecule has 0 bridgehead atoms. The summed E-state index contributed by atoms with van der Waals surface area (Å²) in [7, 11) is 0. The minimum absolute atomic E-state index is 0.0997.